The summed E-state index contributed by atoms with van der Waals surface area (Å²) in [6.45, 7) is 0. The molecule has 0 spiro atoms. The third-order valence-corrected chi connectivity index (χ3v) is 1.99. The first kappa shape index (κ1) is 8.06. The molecule has 0 aromatic heterocycles. The van der Waals surface area contributed by atoms with Gasteiger partial charge in [-0.3, -0.25) is 4.90 Å². The van der Waals surface area contributed by atoms with Crippen LogP contribution in [0.15, 0.2) is 20.0 Å². The molecule has 0 aliphatic carbocycles. The second-order valence-electron chi connectivity index (χ2n) is 3.02. The molecule has 2 N–H and O–H groups in total. The Morgan fingerprint density at radius 2 is 2.23 bits per heavy atom. The second-order valence-corrected chi connectivity index (χ2v) is 3.02. The molecule has 2 heterocycles. The highest BCUT2D eigenvalue weighted by Crippen LogP contribution is 2.23. The van der Waals surface area contributed by atoms with Crippen LogP contribution in [0, 0.1) is 0 Å². The minimum Gasteiger partial charge on any atom is -0.368 e. The third kappa shape index (κ3) is 0.988. The maximum Gasteiger partial charge on any atom is 0.257 e. The normalized spacial score (nSPS) is 30.4. The average Bonchev–Trinajstić information content (AvgIpc) is 2.47. The standard InChI is InChI=1S/C7H10N6/c1-13(2)7-5(10-4-11-7)3-9-6(8)12-7/h3-4H,1-2H3,(H2,8,12). The number of hydrogen-bond acceptors (Lipinski definition) is 6. The lowest BCUT2D eigenvalue weighted by Crippen LogP contribution is -2.50. The minimum atomic E-state index is -0.772. The van der Waals surface area contributed by atoms with E-state index in [9.17, 15) is 0 Å². The summed E-state index contributed by atoms with van der Waals surface area (Å²) >= 11 is 0. The van der Waals surface area contributed by atoms with E-state index in [1.54, 1.807) is 6.21 Å². The summed E-state index contributed by atoms with van der Waals surface area (Å²) in [5.74, 6) is -0.544. The van der Waals surface area contributed by atoms with Crippen LogP contribution in [-0.2, 0) is 0 Å². The van der Waals surface area contributed by atoms with E-state index in [2.05, 4.69) is 20.0 Å². The largest absolute Gasteiger partial charge is 0.368 e. The van der Waals surface area contributed by atoms with Gasteiger partial charge in [-0.25, -0.2) is 15.0 Å². The van der Waals surface area contributed by atoms with Crippen molar-refractivity contribution in [2.75, 3.05) is 14.1 Å². The Kier molecular flexibility index (Phi) is 1.53. The maximum absolute atomic E-state index is 5.51. The van der Waals surface area contributed by atoms with Crippen LogP contribution in [0.5, 0.6) is 0 Å². The maximum atomic E-state index is 5.51. The molecule has 6 nitrogen and oxygen atoms in total. The van der Waals surface area contributed by atoms with Crippen LogP contribution in [-0.4, -0.2) is 49.0 Å². The molecule has 1 atom stereocenters. The molecule has 68 valence electrons. The van der Waals surface area contributed by atoms with Gasteiger partial charge < -0.3 is 5.73 Å². The molecule has 6 heteroatoms. The third-order valence-electron chi connectivity index (χ3n) is 1.99. The lowest BCUT2D eigenvalue weighted by molar-refractivity contribution is 0.256. The molecule has 2 aliphatic rings. The van der Waals surface area contributed by atoms with E-state index in [0.29, 0.717) is 5.71 Å². The Morgan fingerprint density at radius 1 is 1.46 bits per heavy atom. The van der Waals surface area contributed by atoms with Crippen LogP contribution in [0.1, 0.15) is 0 Å². The molecule has 13 heavy (non-hydrogen) atoms. The highest BCUT2D eigenvalue weighted by atomic mass is 15.4. The van der Waals surface area contributed by atoms with Gasteiger partial charge in [-0.2, -0.15) is 4.99 Å². The first-order chi connectivity index (χ1) is 6.15. The number of nitrogens with two attached hydrogens (primary N) is 1. The average molecular weight is 178 g/mol. The molecule has 0 amide bonds. The number of guanidine groups is 1. The first-order valence-electron chi connectivity index (χ1n) is 3.84. The van der Waals surface area contributed by atoms with Crippen LogP contribution in [0.4, 0.5) is 0 Å². The number of nitrogens with zero attached hydrogens (tertiary/aromatic N) is 5. The van der Waals surface area contributed by atoms with Crippen molar-refractivity contribution in [2.45, 2.75) is 5.79 Å². The highest BCUT2D eigenvalue weighted by Gasteiger charge is 2.41. The monoisotopic (exact) mass is 178 g/mol. The summed E-state index contributed by atoms with van der Waals surface area (Å²) in [6.07, 6.45) is 3.07. The molecule has 0 saturated heterocycles. The van der Waals surface area contributed by atoms with E-state index in [1.807, 2.05) is 19.0 Å². The number of rotatable bonds is 1. The van der Waals surface area contributed by atoms with Crippen molar-refractivity contribution in [1.29, 1.82) is 0 Å². The molecular weight excluding hydrogens is 168 g/mol. The van der Waals surface area contributed by atoms with Crippen LogP contribution >= 0.6 is 0 Å². The van der Waals surface area contributed by atoms with Gasteiger partial charge in [-0.05, 0) is 14.1 Å². The fourth-order valence-electron chi connectivity index (χ4n) is 1.29. The molecule has 0 aromatic rings. The van der Waals surface area contributed by atoms with Gasteiger partial charge in [0.15, 0.2) is 0 Å². The summed E-state index contributed by atoms with van der Waals surface area (Å²) in [4.78, 5) is 18.1. The fraction of sp³-hybridized carbons (Fsp3) is 0.429. The Labute approximate surface area is 75.6 Å². The van der Waals surface area contributed by atoms with Gasteiger partial charge in [-0.1, -0.05) is 0 Å². The number of aliphatic imine (C=N–C) groups is 4. The van der Waals surface area contributed by atoms with E-state index < -0.39 is 5.79 Å². The van der Waals surface area contributed by atoms with E-state index in [4.69, 9.17) is 5.73 Å². The Morgan fingerprint density at radius 3 is 2.92 bits per heavy atom. The van der Waals surface area contributed by atoms with Crippen LogP contribution in [0.2, 0.25) is 0 Å². The van der Waals surface area contributed by atoms with E-state index in [-0.39, 0.29) is 5.96 Å². The van der Waals surface area contributed by atoms with Crippen molar-refractivity contribution in [3.63, 3.8) is 0 Å². The van der Waals surface area contributed by atoms with Crippen molar-refractivity contribution in [2.24, 2.45) is 25.7 Å². The van der Waals surface area contributed by atoms with Gasteiger partial charge in [0, 0.05) is 0 Å². The van der Waals surface area contributed by atoms with Gasteiger partial charge in [0.1, 0.15) is 12.1 Å². The van der Waals surface area contributed by atoms with Crippen molar-refractivity contribution in [3.05, 3.63) is 0 Å². The lowest BCUT2D eigenvalue weighted by Gasteiger charge is -2.30. The van der Waals surface area contributed by atoms with Crippen molar-refractivity contribution in [3.8, 4) is 0 Å². The quantitative estimate of drug-likeness (QED) is 0.563. The molecule has 0 bridgehead atoms. The van der Waals surface area contributed by atoms with Crippen LogP contribution < -0.4 is 5.73 Å². The Balaban J connectivity index is 2.51. The minimum absolute atomic E-state index is 0.228. The van der Waals surface area contributed by atoms with Gasteiger partial charge in [0.25, 0.3) is 5.79 Å². The van der Waals surface area contributed by atoms with Gasteiger partial charge in [0.05, 0.1) is 6.21 Å². The van der Waals surface area contributed by atoms with Crippen LogP contribution in [0.25, 0.3) is 0 Å². The Hall–Kier alpha value is -1.56. The summed E-state index contributed by atoms with van der Waals surface area (Å²) in [7, 11) is 3.74. The topological polar surface area (TPSA) is 78.7 Å². The molecule has 0 fully saturated rings. The van der Waals surface area contributed by atoms with Gasteiger partial charge >= 0.3 is 0 Å². The predicted molar refractivity (Wildman–Crippen MR) is 52.5 cm³/mol. The zero-order valence-electron chi connectivity index (χ0n) is 7.47. The lowest BCUT2D eigenvalue weighted by atomic mass is 10.2. The predicted octanol–water partition coefficient (Wildman–Crippen LogP) is -0.916. The van der Waals surface area contributed by atoms with Gasteiger partial charge in [0.2, 0.25) is 5.96 Å². The zero-order chi connectivity index (χ0) is 9.47. The van der Waals surface area contributed by atoms with E-state index >= 15 is 0 Å². The second kappa shape index (κ2) is 2.46. The van der Waals surface area contributed by atoms with Crippen molar-refractivity contribution < 1.29 is 0 Å². The van der Waals surface area contributed by atoms with Crippen molar-refractivity contribution in [1.82, 2.24) is 4.90 Å². The number of fused-ring (bicyclic) bond motifs is 1. The van der Waals surface area contributed by atoms with Crippen LogP contribution in [0.3, 0.4) is 0 Å². The SMILES string of the molecule is CN(C)C12N=CN=C1C=NC(N)=N2. The summed E-state index contributed by atoms with van der Waals surface area (Å²) < 4.78 is 0. The smallest absolute Gasteiger partial charge is 0.257 e. The molecule has 0 saturated carbocycles. The summed E-state index contributed by atoms with van der Waals surface area (Å²) in [5, 5.41) is 0. The molecule has 2 aliphatic heterocycles. The molecule has 0 aromatic carbocycles. The van der Waals surface area contributed by atoms with Crippen molar-refractivity contribution >= 4 is 24.2 Å². The molecule has 1 unspecified atom stereocenters. The molecule has 2 rings (SSSR count). The van der Waals surface area contributed by atoms with Gasteiger partial charge in [-0.15, -0.1) is 0 Å². The summed E-state index contributed by atoms with van der Waals surface area (Å²) in [5.41, 5.74) is 6.21. The zero-order valence-corrected chi connectivity index (χ0v) is 7.47. The first-order valence-corrected chi connectivity index (χ1v) is 3.84. The fourth-order valence-corrected chi connectivity index (χ4v) is 1.29. The van der Waals surface area contributed by atoms with E-state index in [0.717, 1.165) is 0 Å². The summed E-state index contributed by atoms with van der Waals surface area (Å²) in [6, 6.07) is 0. The Bertz CT molecular complexity index is 350. The molecule has 0 radical (unpaired) electrons. The molecular formula is C7H10N6. The number of hydrogen-bond donors (Lipinski definition) is 1. The highest BCUT2D eigenvalue weighted by molar-refractivity contribution is 6.39. The van der Waals surface area contributed by atoms with E-state index in [1.165, 1.54) is 6.34 Å².